The van der Waals surface area contributed by atoms with Gasteiger partial charge in [-0.05, 0) is 37.0 Å². The van der Waals surface area contributed by atoms with E-state index < -0.39 is 0 Å². The number of benzene rings is 1. The minimum atomic E-state index is -0.235. The lowest BCUT2D eigenvalue weighted by Gasteiger charge is -2.52. The number of likely N-dealkylation sites (tertiary alicyclic amines) is 1. The quantitative estimate of drug-likeness (QED) is 0.895. The number of rotatable bonds is 4. The fraction of sp³-hybridized carbons (Fsp3) is 0.550. The number of amides is 2. The molecule has 2 amide bonds. The average molecular weight is 355 g/mol. The van der Waals surface area contributed by atoms with Gasteiger partial charge in [0.15, 0.2) is 0 Å². The summed E-state index contributed by atoms with van der Waals surface area (Å²) in [6.07, 6.45) is 1.89. The fourth-order valence-corrected chi connectivity index (χ4v) is 3.47. The molecule has 0 bridgehead atoms. The number of carbonyl (C=O) groups is 2. The van der Waals surface area contributed by atoms with E-state index in [1.165, 1.54) is 0 Å². The minimum Gasteiger partial charge on any atom is -0.371 e. The molecule has 0 saturated carbocycles. The van der Waals surface area contributed by atoms with Crippen molar-refractivity contribution in [2.75, 3.05) is 26.2 Å². The van der Waals surface area contributed by atoms with Crippen LogP contribution in [0.2, 0.25) is 0 Å². The van der Waals surface area contributed by atoms with Crippen LogP contribution >= 0.6 is 0 Å². The normalized spacial score (nSPS) is 21.2. The smallest absolute Gasteiger partial charge is 0.254 e. The van der Waals surface area contributed by atoms with Crippen molar-refractivity contribution in [3.8, 4) is 6.07 Å². The first-order valence-electron chi connectivity index (χ1n) is 9.13. The van der Waals surface area contributed by atoms with Gasteiger partial charge in [-0.15, -0.1) is 0 Å². The van der Waals surface area contributed by atoms with Crippen LogP contribution in [0.4, 0.5) is 0 Å². The van der Waals surface area contributed by atoms with Gasteiger partial charge in [0.25, 0.3) is 5.91 Å². The minimum absolute atomic E-state index is 0.00316. The van der Waals surface area contributed by atoms with Crippen LogP contribution in [0.5, 0.6) is 0 Å². The average Bonchev–Trinajstić information content (AvgIpc) is 2.64. The Morgan fingerprint density at radius 1 is 1.42 bits per heavy atom. The van der Waals surface area contributed by atoms with Crippen molar-refractivity contribution in [1.82, 2.24) is 10.2 Å². The number of nitriles is 1. The van der Waals surface area contributed by atoms with Crippen molar-refractivity contribution in [2.24, 2.45) is 11.8 Å². The van der Waals surface area contributed by atoms with E-state index in [1.54, 1.807) is 29.2 Å². The lowest BCUT2D eigenvalue weighted by atomic mass is 9.82. The van der Waals surface area contributed by atoms with Gasteiger partial charge in [0.1, 0.15) is 5.60 Å². The van der Waals surface area contributed by atoms with Crippen LogP contribution in [-0.4, -0.2) is 48.6 Å². The third-order valence-corrected chi connectivity index (χ3v) is 5.21. The molecule has 1 spiro atoms. The number of hydrogen-bond acceptors (Lipinski definition) is 4. The Bertz CT molecular complexity index is 722. The fourth-order valence-electron chi connectivity index (χ4n) is 3.47. The predicted molar refractivity (Wildman–Crippen MR) is 96.3 cm³/mol. The summed E-state index contributed by atoms with van der Waals surface area (Å²) in [7, 11) is 0. The third-order valence-electron chi connectivity index (χ3n) is 5.21. The molecule has 1 aromatic carbocycles. The summed E-state index contributed by atoms with van der Waals surface area (Å²) in [5.74, 6) is 0.352. The zero-order valence-electron chi connectivity index (χ0n) is 15.3. The first kappa shape index (κ1) is 18.4. The third kappa shape index (κ3) is 3.88. The molecular weight excluding hydrogens is 330 g/mol. The van der Waals surface area contributed by atoms with Gasteiger partial charge in [-0.2, -0.15) is 5.26 Å². The molecule has 2 fully saturated rings. The molecule has 3 rings (SSSR count). The molecule has 138 valence electrons. The van der Waals surface area contributed by atoms with E-state index in [0.29, 0.717) is 43.3 Å². The highest BCUT2D eigenvalue weighted by Crippen LogP contribution is 2.36. The molecule has 2 aliphatic rings. The zero-order chi connectivity index (χ0) is 18.7. The van der Waals surface area contributed by atoms with Gasteiger partial charge in [-0.1, -0.05) is 19.9 Å². The van der Waals surface area contributed by atoms with E-state index in [-0.39, 0.29) is 23.3 Å². The van der Waals surface area contributed by atoms with Gasteiger partial charge in [-0.25, -0.2) is 0 Å². The highest BCUT2D eigenvalue weighted by Gasteiger charge is 2.48. The topological polar surface area (TPSA) is 82.4 Å². The Morgan fingerprint density at radius 2 is 2.19 bits per heavy atom. The van der Waals surface area contributed by atoms with E-state index in [0.717, 1.165) is 12.8 Å². The molecule has 0 unspecified atom stereocenters. The van der Waals surface area contributed by atoms with Gasteiger partial charge < -0.3 is 15.0 Å². The monoisotopic (exact) mass is 355 g/mol. The summed E-state index contributed by atoms with van der Waals surface area (Å²) >= 11 is 0. The molecule has 0 aromatic heterocycles. The number of nitrogens with one attached hydrogen (secondary N) is 1. The highest BCUT2D eigenvalue weighted by atomic mass is 16.5. The summed E-state index contributed by atoms with van der Waals surface area (Å²) in [6.45, 7) is 6.21. The van der Waals surface area contributed by atoms with Gasteiger partial charge in [0.2, 0.25) is 5.91 Å². The van der Waals surface area contributed by atoms with E-state index in [9.17, 15) is 9.59 Å². The molecule has 1 aromatic rings. The Kier molecular flexibility index (Phi) is 5.28. The van der Waals surface area contributed by atoms with Crippen LogP contribution in [0.1, 0.15) is 42.6 Å². The van der Waals surface area contributed by atoms with Crippen LogP contribution in [0.15, 0.2) is 24.3 Å². The molecular formula is C20H25N3O3. The summed E-state index contributed by atoms with van der Waals surface area (Å²) in [5, 5.41) is 11.9. The first-order valence-corrected chi connectivity index (χ1v) is 9.13. The maximum absolute atomic E-state index is 12.5. The summed E-state index contributed by atoms with van der Waals surface area (Å²) in [4.78, 5) is 26.0. The van der Waals surface area contributed by atoms with Crippen molar-refractivity contribution in [3.63, 3.8) is 0 Å². The Balaban J connectivity index is 1.47. The lowest BCUT2D eigenvalue weighted by Crippen LogP contribution is -2.66. The molecule has 0 radical (unpaired) electrons. The van der Waals surface area contributed by atoms with Crippen LogP contribution in [0.25, 0.3) is 0 Å². The molecule has 2 heterocycles. The van der Waals surface area contributed by atoms with Crippen LogP contribution in [-0.2, 0) is 9.53 Å². The summed E-state index contributed by atoms with van der Waals surface area (Å²) in [5.41, 5.74) is 0.802. The van der Waals surface area contributed by atoms with Crippen molar-refractivity contribution < 1.29 is 14.3 Å². The van der Waals surface area contributed by atoms with E-state index in [2.05, 4.69) is 11.4 Å². The van der Waals surface area contributed by atoms with Crippen molar-refractivity contribution >= 4 is 11.8 Å². The molecule has 2 aliphatic heterocycles. The molecule has 6 heteroatoms. The largest absolute Gasteiger partial charge is 0.371 e. The van der Waals surface area contributed by atoms with E-state index in [1.807, 2.05) is 13.8 Å². The second-order valence-corrected chi connectivity index (χ2v) is 7.65. The van der Waals surface area contributed by atoms with Gasteiger partial charge >= 0.3 is 0 Å². The van der Waals surface area contributed by atoms with Gasteiger partial charge in [0.05, 0.1) is 31.3 Å². The molecule has 26 heavy (non-hydrogen) atoms. The molecule has 2 saturated heterocycles. The van der Waals surface area contributed by atoms with Crippen molar-refractivity contribution in [2.45, 2.75) is 32.3 Å². The number of ether oxygens (including phenoxy) is 1. The van der Waals surface area contributed by atoms with Crippen LogP contribution in [0.3, 0.4) is 0 Å². The summed E-state index contributed by atoms with van der Waals surface area (Å²) < 4.78 is 6.07. The number of hydrogen-bond donors (Lipinski definition) is 1. The number of carbonyl (C=O) groups excluding carboxylic acids is 2. The highest BCUT2D eigenvalue weighted by molar-refractivity contribution is 5.95. The molecule has 6 nitrogen and oxygen atoms in total. The van der Waals surface area contributed by atoms with Crippen LogP contribution in [0, 0.1) is 23.2 Å². The first-order chi connectivity index (χ1) is 12.4. The Labute approximate surface area is 154 Å². The van der Waals surface area contributed by atoms with E-state index in [4.69, 9.17) is 10.00 Å². The molecule has 1 N–H and O–H groups in total. The zero-order valence-corrected chi connectivity index (χ0v) is 15.3. The summed E-state index contributed by atoms with van der Waals surface area (Å²) in [6, 6.07) is 8.85. The van der Waals surface area contributed by atoms with E-state index >= 15 is 0 Å². The van der Waals surface area contributed by atoms with Crippen LogP contribution < -0.4 is 5.32 Å². The van der Waals surface area contributed by atoms with Crippen molar-refractivity contribution in [1.29, 1.82) is 5.26 Å². The lowest BCUT2D eigenvalue weighted by molar-refractivity contribution is -0.166. The van der Waals surface area contributed by atoms with Gasteiger partial charge in [-0.3, -0.25) is 9.59 Å². The Hall–Kier alpha value is -2.39. The van der Waals surface area contributed by atoms with Crippen molar-refractivity contribution in [3.05, 3.63) is 35.4 Å². The number of nitrogens with zero attached hydrogens (tertiary/aromatic N) is 2. The maximum atomic E-state index is 12.5. The predicted octanol–water partition coefficient (Wildman–Crippen LogP) is 1.95. The standard InChI is InChI=1S/C20H25N3O3/c1-14(2)18(24)22-10-16-6-7-20(26-11-16)12-23(13-20)19(25)17-5-3-4-15(8-17)9-21/h3-5,8,14,16H,6-7,10-13H2,1-2H3,(H,22,24)/t16-/m1/s1. The second kappa shape index (κ2) is 7.46. The second-order valence-electron chi connectivity index (χ2n) is 7.65. The molecule has 0 aliphatic carbocycles. The Morgan fingerprint density at radius 3 is 2.81 bits per heavy atom. The molecule has 1 atom stereocenters. The van der Waals surface area contributed by atoms with Gasteiger partial charge in [0, 0.05) is 18.0 Å². The SMILES string of the molecule is CC(C)C(=O)NC[C@H]1CCC2(CN(C(=O)c3cccc(C#N)c3)C2)OC1. The maximum Gasteiger partial charge on any atom is 0.254 e.